The fraction of sp³-hybridized carbons (Fsp3) is 0.308. The molecule has 3 N–H and O–H groups in total. The molecule has 1 aromatic heterocycles. The average Bonchev–Trinajstić information content (AvgIpc) is 2.81. The van der Waals surface area contributed by atoms with Gasteiger partial charge in [0.1, 0.15) is 10.7 Å². The van der Waals surface area contributed by atoms with E-state index in [-0.39, 0.29) is 10.7 Å². The van der Waals surface area contributed by atoms with Crippen molar-refractivity contribution in [2.24, 2.45) is 0 Å². The molecule has 0 aliphatic rings. The summed E-state index contributed by atoms with van der Waals surface area (Å²) in [6, 6.07) is 9.68. The number of hydrogen-bond donors (Lipinski definition) is 2. The lowest BCUT2D eigenvalue weighted by atomic mass is 10.2. The van der Waals surface area contributed by atoms with Gasteiger partial charge in [0.25, 0.3) is 0 Å². The fourth-order valence-electron chi connectivity index (χ4n) is 1.89. The Morgan fingerprint density at radius 2 is 2.00 bits per heavy atom. The maximum absolute atomic E-state index is 12.1. The first kappa shape index (κ1) is 14.5. The number of benzene rings is 1. The molecule has 0 amide bonds. The summed E-state index contributed by atoms with van der Waals surface area (Å²) in [6.45, 7) is 2.71. The van der Waals surface area contributed by atoms with Crippen LogP contribution < -0.4 is 10.5 Å². The Hall–Kier alpha value is -1.86. The van der Waals surface area contributed by atoms with Crippen LogP contribution in [0.25, 0.3) is 0 Å². The predicted molar refractivity (Wildman–Crippen MR) is 77.6 cm³/mol. The van der Waals surface area contributed by atoms with E-state index in [9.17, 15) is 8.42 Å². The minimum absolute atomic E-state index is 0.0346. The Morgan fingerprint density at radius 1 is 1.30 bits per heavy atom. The summed E-state index contributed by atoms with van der Waals surface area (Å²) in [5.74, 6) is 0.166. The quantitative estimate of drug-likeness (QED) is 0.832. The predicted octanol–water partition coefficient (Wildman–Crippen LogP) is 1.01. The number of aryl methyl sites for hydroxylation is 1. The topological polar surface area (TPSA) is 90.0 Å². The Balaban J connectivity index is 2.02. The standard InChI is InChI=1S/C13H18N4O2S/c1-2-17-13(14)12(10-15-17)20(18,19)16-9-8-11-6-4-3-5-7-11/h3-7,10,16H,2,8-9,14H2,1H3. The van der Waals surface area contributed by atoms with Gasteiger partial charge in [-0.2, -0.15) is 5.10 Å². The third kappa shape index (κ3) is 3.17. The van der Waals surface area contributed by atoms with Gasteiger partial charge in [-0.25, -0.2) is 17.8 Å². The molecule has 0 aliphatic heterocycles. The maximum atomic E-state index is 12.1. The molecule has 0 saturated carbocycles. The summed E-state index contributed by atoms with van der Waals surface area (Å²) in [5, 5.41) is 3.94. The maximum Gasteiger partial charge on any atom is 0.245 e. The van der Waals surface area contributed by atoms with E-state index in [1.165, 1.54) is 10.9 Å². The minimum atomic E-state index is -3.61. The van der Waals surface area contributed by atoms with Crippen molar-refractivity contribution in [1.82, 2.24) is 14.5 Å². The lowest BCUT2D eigenvalue weighted by Gasteiger charge is -2.06. The van der Waals surface area contributed by atoms with Crippen molar-refractivity contribution in [3.05, 3.63) is 42.1 Å². The number of anilines is 1. The highest BCUT2D eigenvalue weighted by Gasteiger charge is 2.20. The number of hydrogen-bond acceptors (Lipinski definition) is 4. The van der Waals surface area contributed by atoms with Crippen LogP contribution >= 0.6 is 0 Å². The van der Waals surface area contributed by atoms with Crippen LogP contribution in [0.3, 0.4) is 0 Å². The number of nitrogens with one attached hydrogen (secondary N) is 1. The van der Waals surface area contributed by atoms with Gasteiger partial charge >= 0.3 is 0 Å². The monoisotopic (exact) mass is 294 g/mol. The van der Waals surface area contributed by atoms with Crippen molar-refractivity contribution in [3.63, 3.8) is 0 Å². The molecule has 2 aromatic rings. The summed E-state index contributed by atoms with van der Waals surface area (Å²) in [4.78, 5) is 0.0346. The van der Waals surface area contributed by atoms with Crippen molar-refractivity contribution in [3.8, 4) is 0 Å². The van der Waals surface area contributed by atoms with Crippen molar-refractivity contribution in [1.29, 1.82) is 0 Å². The molecule has 108 valence electrons. The van der Waals surface area contributed by atoms with E-state index >= 15 is 0 Å². The Labute approximate surface area is 118 Å². The van der Waals surface area contributed by atoms with E-state index in [0.717, 1.165) is 5.56 Å². The number of aromatic nitrogens is 2. The summed E-state index contributed by atoms with van der Waals surface area (Å²) < 4.78 is 28.2. The minimum Gasteiger partial charge on any atom is -0.383 e. The molecular formula is C13H18N4O2S. The highest BCUT2D eigenvalue weighted by atomic mass is 32.2. The molecule has 0 aliphatic carbocycles. The normalized spacial score (nSPS) is 11.7. The zero-order valence-corrected chi connectivity index (χ0v) is 12.1. The van der Waals surface area contributed by atoms with Gasteiger partial charge in [-0.15, -0.1) is 0 Å². The van der Waals surface area contributed by atoms with Gasteiger partial charge in [-0.1, -0.05) is 30.3 Å². The van der Waals surface area contributed by atoms with Gasteiger partial charge < -0.3 is 5.73 Å². The van der Waals surface area contributed by atoms with Crippen molar-refractivity contribution >= 4 is 15.8 Å². The summed E-state index contributed by atoms with van der Waals surface area (Å²) >= 11 is 0. The van der Waals surface area contributed by atoms with Crippen LogP contribution in [0.5, 0.6) is 0 Å². The third-order valence-corrected chi connectivity index (χ3v) is 4.46. The molecular weight excluding hydrogens is 276 g/mol. The summed E-state index contributed by atoms with van der Waals surface area (Å²) in [7, 11) is -3.61. The van der Waals surface area contributed by atoms with Crippen molar-refractivity contribution in [2.45, 2.75) is 24.8 Å². The molecule has 0 unspecified atom stereocenters. The van der Waals surface area contributed by atoms with Crippen LogP contribution in [0.15, 0.2) is 41.4 Å². The van der Waals surface area contributed by atoms with E-state index in [1.807, 2.05) is 37.3 Å². The number of nitrogens with zero attached hydrogens (tertiary/aromatic N) is 2. The molecule has 7 heteroatoms. The third-order valence-electron chi connectivity index (χ3n) is 2.98. The van der Waals surface area contributed by atoms with E-state index in [2.05, 4.69) is 9.82 Å². The Bertz CT molecular complexity index is 665. The van der Waals surface area contributed by atoms with Crippen LogP contribution in [-0.4, -0.2) is 24.7 Å². The second-order valence-corrected chi connectivity index (χ2v) is 6.08. The second kappa shape index (κ2) is 6.06. The first-order valence-corrected chi connectivity index (χ1v) is 7.88. The van der Waals surface area contributed by atoms with Gasteiger partial charge in [-0.05, 0) is 18.9 Å². The summed E-state index contributed by atoms with van der Waals surface area (Å²) in [5.41, 5.74) is 6.84. The smallest absolute Gasteiger partial charge is 0.245 e. The van der Waals surface area contributed by atoms with E-state index in [1.54, 1.807) is 0 Å². The van der Waals surface area contributed by atoms with Gasteiger partial charge in [0.2, 0.25) is 10.0 Å². The van der Waals surface area contributed by atoms with Gasteiger partial charge in [0, 0.05) is 13.1 Å². The fourth-order valence-corrected chi connectivity index (χ4v) is 2.98. The SMILES string of the molecule is CCn1ncc(S(=O)(=O)NCCc2ccccc2)c1N. The second-order valence-electron chi connectivity index (χ2n) is 4.34. The zero-order valence-electron chi connectivity index (χ0n) is 11.3. The highest BCUT2D eigenvalue weighted by Crippen LogP contribution is 2.17. The first-order valence-electron chi connectivity index (χ1n) is 6.39. The molecule has 0 atom stereocenters. The molecule has 0 saturated heterocycles. The average molecular weight is 294 g/mol. The van der Waals surface area contributed by atoms with Crippen molar-refractivity contribution in [2.75, 3.05) is 12.3 Å². The number of nitrogens with two attached hydrogens (primary N) is 1. The van der Waals surface area contributed by atoms with Crippen LogP contribution in [0.4, 0.5) is 5.82 Å². The lowest BCUT2D eigenvalue weighted by molar-refractivity contribution is 0.582. The molecule has 0 spiro atoms. The molecule has 0 radical (unpaired) electrons. The van der Waals surface area contributed by atoms with Crippen molar-refractivity contribution < 1.29 is 8.42 Å². The summed E-state index contributed by atoms with van der Waals surface area (Å²) in [6.07, 6.45) is 1.91. The highest BCUT2D eigenvalue weighted by molar-refractivity contribution is 7.89. The van der Waals surface area contributed by atoms with E-state index < -0.39 is 10.0 Å². The lowest BCUT2D eigenvalue weighted by Crippen LogP contribution is -2.26. The molecule has 2 rings (SSSR count). The molecule has 6 nitrogen and oxygen atoms in total. The number of nitrogen functional groups attached to an aromatic ring is 1. The van der Waals surface area contributed by atoms with Gasteiger partial charge in [0.15, 0.2) is 0 Å². The van der Waals surface area contributed by atoms with Gasteiger partial charge in [0.05, 0.1) is 6.20 Å². The Morgan fingerprint density at radius 3 is 2.60 bits per heavy atom. The first-order chi connectivity index (χ1) is 9.54. The van der Waals surface area contributed by atoms with E-state index in [0.29, 0.717) is 19.5 Å². The van der Waals surface area contributed by atoms with Crippen LogP contribution in [0.1, 0.15) is 12.5 Å². The molecule has 20 heavy (non-hydrogen) atoms. The number of sulfonamides is 1. The largest absolute Gasteiger partial charge is 0.383 e. The van der Waals surface area contributed by atoms with Gasteiger partial charge in [-0.3, -0.25) is 0 Å². The molecule has 1 heterocycles. The Kier molecular flexibility index (Phi) is 4.41. The van der Waals surface area contributed by atoms with Crippen LogP contribution in [0.2, 0.25) is 0 Å². The van der Waals surface area contributed by atoms with Crippen LogP contribution in [0, 0.1) is 0 Å². The molecule has 0 bridgehead atoms. The molecule has 1 aromatic carbocycles. The number of rotatable bonds is 6. The molecule has 0 fully saturated rings. The zero-order chi connectivity index (χ0) is 14.6. The van der Waals surface area contributed by atoms with Crippen LogP contribution in [-0.2, 0) is 23.0 Å². The van der Waals surface area contributed by atoms with E-state index in [4.69, 9.17) is 5.73 Å².